The second kappa shape index (κ2) is 28.0. The lowest BCUT2D eigenvalue weighted by Gasteiger charge is -2.22. The summed E-state index contributed by atoms with van der Waals surface area (Å²) in [6.07, 6.45) is 21.5. The van der Waals surface area contributed by atoms with E-state index in [0.717, 1.165) is 81.0 Å². The second-order valence-electron chi connectivity index (χ2n) is 14.1. The van der Waals surface area contributed by atoms with Crippen LogP contribution in [0.3, 0.4) is 0 Å². The molecule has 0 aliphatic carbocycles. The Morgan fingerprint density at radius 2 is 0.837 bits per heavy atom. The van der Waals surface area contributed by atoms with E-state index in [2.05, 4.69) is 72.4 Å². The molecule has 0 unspecified atom stereocenters. The maximum atomic E-state index is 12.8. The number of amides is 2. The highest BCUT2D eigenvalue weighted by atomic mass is 16.2. The number of anilines is 2. The van der Waals surface area contributed by atoms with Crippen LogP contribution >= 0.6 is 0 Å². The zero-order chi connectivity index (χ0) is 35.4. The van der Waals surface area contributed by atoms with Crippen molar-refractivity contribution < 1.29 is 9.59 Å². The Balaban J connectivity index is 1.78. The van der Waals surface area contributed by atoms with E-state index in [1.165, 1.54) is 89.9 Å². The van der Waals surface area contributed by atoms with Crippen molar-refractivity contribution >= 4 is 23.2 Å². The minimum absolute atomic E-state index is 0.0840. The van der Waals surface area contributed by atoms with E-state index in [0.29, 0.717) is 12.8 Å². The van der Waals surface area contributed by atoms with Crippen molar-refractivity contribution in [2.75, 3.05) is 49.9 Å². The summed E-state index contributed by atoms with van der Waals surface area (Å²) < 4.78 is 0. The average molecular weight is 677 g/mol. The third-order valence-electron chi connectivity index (χ3n) is 9.40. The Labute approximate surface area is 301 Å². The molecule has 0 saturated heterocycles. The fraction of sp³-hybridized carbons (Fsp3) is 0.674. The van der Waals surface area contributed by atoms with E-state index < -0.39 is 0 Å². The van der Waals surface area contributed by atoms with Crippen LogP contribution in [0.2, 0.25) is 0 Å². The highest BCUT2D eigenvalue weighted by Gasteiger charge is 2.10. The summed E-state index contributed by atoms with van der Waals surface area (Å²) in [7, 11) is 0. The molecule has 2 N–H and O–H groups in total. The van der Waals surface area contributed by atoms with Gasteiger partial charge in [0, 0.05) is 24.2 Å². The van der Waals surface area contributed by atoms with Crippen molar-refractivity contribution in [3.05, 3.63) is 59.7 Å². The first-order valence-corrected chi connectivity index (χ1v) is 20.2. The fourth-order valence-corrected chi connectivity index (χ4v) is 6.44. The van der Waals surface area contributed by atoms with Gasteiger partial charge in [-0.1, -0.05) is 116 Å². The van der Waals surface area contributed by atoms with Crippen LogP contribution in [0.25, 0.3) is 0 Å². The van der Waals surface area contributed by atoms with E-state index in [4.69, 9.17) is 0 Å². The van der Waals surface area contributed by atoms with Gasteiger partial charge in [0.1, 0.15) is 0 Å². The van der Waals surface area contributed by atoms with Gasteiger partial charge in [0.25, 0.3) is 0 Å². The molecule has 2 aromatic rings. The monoisotopic (exact) mass is 677 g/mol. The minimum atomic E-state index is 0.0840. The number of carbonyl (C=O) groups is 2. The molecule has 276 valence electrons. The van der Waals surface area contributed by atoms with Crippen LogP contribution in [0, 0.1) is 0 Å². The Hall–Kier alpha value is -2.70. The Bertz CT molecular complexity index is 1050. The largest absolute Gasteiger partial charge is 0.326 e. The van der Waals surface area contributed by atoms with Crippen LogP contribution in [0.15, 0.2) is 48.5 Å². The van der Waals surface area contributed by atoms with Crippen LogP contribution in [0.1, 0.15) is 154 Å². The Kier molecular flexibility index (Phi) is 24.3. The molecule has 6 heteroatoms. The van der Waals surface area contributed by atoms with E-state index in [1.807, 2.05) is 24.3 Å². The number of nitrogens with zero attached hydrogens (tertiary/aromatic N) is 2. The predicted octanol–water partition coefficient (Wildman–Crippen LogP) is 10.9. The maximum absolute atomic E-state index is 12.8. The molecule has 6 nitrogen and oxygen atoms in total. The number of rotatable bonds is 30. The fourth-order valence-electron chi connectivity index (χ4n) is 6.44. The molecule has 0 spiro atoms. The zero-order valence-electron chi connectivity index (χ0n) is 32.0. The highest BCUT2D eigenvalue weighted by Crippen LogP contribution is 2.19. The third kappa shape index (κ3) is 21.2. The second-order valence-corrected chi connectivity index (χ2v) is 14.1. The summed E-state index contributed by atoms with van der Waals surface area (Å²) in [5.74, 6) is 0.168. The molecule has 0 aromatic heterocycles. The summed E-state index contributed by atoms with van der Waals surface area (Å²) in [6, 6.07) is 16.3. The van der Waals surface area contributed by atoms with Gasteiger partial charge in [0.2, 0.25) is 11.8 Å². The molecule has 2 aromatic carbocycles. The molecule has 0 aliphatic heterocycles. The molecule has 0 aliphatic rings. The summed E-state index contributed by atoms with van der Waals surface area (Å²) >= 11 is 0. The summed E-state index contributed by atoms with van der Waals surface area (Å²) in [5, 5.41) is 6.26. The first-order valence-electron chi connectivity index (χ1n) is 20.2. The quantitative estimate of drug-likeness (QED) is 0.0808. The van der Waals surface area contributed by atoms with E-state index >= 15 is 0 Å². The van der Waals surface area contributed by atoms with Gasteiger partial charge in [-0.3, -0.25) is 9.59 Å². The van der Waals surface area contributed by atoms with E-state index in [1.54, 1.807) is 0 Å². The number of hydrogen-bond donors (Lipinski definition) is 2. The smallest absolute Gasteiger partial charge is 0.224 e. The van der Waals surface area contributed by atoms with Gasteiger partial charge in [0.15, 0.2) is 0 Å². The number of nitrogens with one attached hydrogen (secondary N) is 2. The van der Waals surface area contributed by atoms with Crippen LogP contribution in [-0.2, 0) is 16.0 Å². The molecular formula is C43H72N4O2. The summed E-state index contributed by atoms with van der Waals surface area (Å²) in [5.41, 5.74) is 3.97. The van der Waals surface area contributed by atoms with Gasteiger partial charge in [-0.05, 0) is 120 Å². The van der Waals surface area contributed by atoms with Gasteiger partial charge >= 0.3 is 0 Å². The van der Waals surface area contributed by atoms with Gasteiger partial charge in [-0.15, -0.1) is 0 Å². The van der Waals surface area contributed by atoms with Crippen LogP contribution in [0.5, 0.6) is 0 Å². The van der Waals surface area contributed by atoms with E-state index in [-0.39, 0.29) is 11.8 Å². The molecular weight excluding hydrogens is 604 g/mol. The first-order chi connectivity index (χ1) is 24.0. The molecule has 0 fully saturated rings. The van der Waals surface area contributed by atoms with Crippen LogP contribution in [0.4, 0.5) is 11.4 Å². The average Bonchev–Trinajstić information content (AvgIpc) is 3.09. The Morgan fingerprint density at radius 3 is 1.24 bits per heavy atom. The highest BCUT2D eigenvalue weighted by molar-refractivity contribution is 5.91. The maximum Gasteiger partial charge on any atom is 0.224 e. The van der Waals surface area contributed by atoms with Gasteiger partial charge in [0.05, 0.1) is 0 Å². The molecule has 2 rings (SSSR count). The number of carbonyl (C=O) groups excluding carboxylic acids is 2. The van der Waals surface area contributed by atoms with Crippen molar-refractivity contribution in [1.82, 2.24) is 9.80 Å². The van der Waals surface area contributed by atoms with Gasteiger partial charge in [-0.25, -0.2) is 0 Å². The molecule has 0 heterocycles. The number of benzene rings is 2. The lowest BCUT2D eigenvalue weighted by Crippen LogP contribution is -2.28. The minimum Gasteiger partial charge on any atom is -0.326 e. The van der Waals surface area contributed by atoms with E-state index in [9.17, 15) is 9.59 Å². The number of hydrogen-bond acceptors (Lipinski definition) is 4. The molecule has 2 amide bonds. The third-order valence-corrected chi connectivity index (χ3v) is 9.40. The summed E-state index contributed by atoms with van der Waals surface area (Å²) in [6.45, 7) is 15.6. The first kappa shape index (κ1) is 42.5. The molecule has 0 saturated carbocycles. The standard InChI is InChI=1S/C43H72N4O2/c1-5-9-13-15-17-31-46(29-11-7-3)33-21-27-42(48)44-40-25-19-23-38(36-40)35-39-24-20-26-41(37-39)45-43(49)28-22-34-47(30-12-8-4)32-18-16-14-10-6-2/h19-20,23-26,36-37H,5-18,21-22,27-35H2,1-4H3,(H,44,48)(H,45,49). The van der Waals surface area contributed by atoms with Crippen molar-refractivity contribution in [3.8, 4) is 0 Å². The van der Waals surface area contributed by atoms with Gasteiger partial charge in [-0.2, -0.15) is 0 Å². The van der Waals surface area contributed by atoms with Crippen molar-refractivity contribution in [1.29, 1.82) is 0 Å². The van der Waals surface area contributed by atoms with Crippen LogP contribution < -0.4 is 10.6 Å². The lowest BCUT2D eigenvalue weighted by atomic mass is 10.0. The molecule has 0 bridgehead atoms. The van der Waals surface area contributed by atoms with Crippen molar-refractivity contribution in [2.24, 2.45) is 0 Å². The normalized spacial score (nSPS) is 11.4. The molecule has 0 radical (unpaired) electrons. The Morgan fingerprint density at radius 1 is 0.469 bits per heavy atom. The SMILES string of the molecule is CCCCCCCN(CCCC)CCCC(=O)Nc1cccc(Cc2cccc(NC(=O)CCCN(CCCC)CCCCCCC)c2)c1. The lowest BCUT2D eigenvalue weighted by molar-refractivity contribution is -0.117. The zero-order valence-corrected chi connectivity index (χ0v) is 32.0. The van der Waals surface area contributed by atoms with Gasteiger partial charge < -0.3 is 20.4 Å². The van der Waals surface area contributed by atoms with Crippen molar-refractivity contribution in [2.45, 2.75) is 150 Å². The number of unbranched alkanes of at least 4 members (excludes halogenated alkanes) is 10. The summed E-state index contributed by atoms with van der Waals surface area (Å²) in [4.78, 5) is 30.8. The topological polar surface area (TPSA) is 64.7 Å². The predicted molar refractivity (Wildman–Crippen MR) is 212 cm³/mol. The molecule has 0 atom stereocenters. The van der Waals surface area contributed by atoms with Crippen LogP contribution in [-0.4, -0.2) is 60.9 Å². The van der Waals surface area contributed by atoms with Crippen molar-refractivity contribution in [3.63, 3.8) is 0 Å². The molecule has 49 heavy (non-hydrogen) atoms.